The summed E-state index contributed by atoms with van der Waals surface area (Å²) in [4.78, 5) is 0. The Balaban J connectivity index is 0.000000195. The van der Waals surface area contributed by atoms with Gasteiger partial charge in [0.15, 0.2) is 5.79 Å². The molecule has 1 saturated heterocycles. The molecule has 2 aliphatic rings. The summed E-state index contributed by atoms with van der Waals surface area (Å²) in [7, 11) is 0. The van der Waals surface area contributed by atoms with Crippen LogP contribution in [-0.4, -0.2) is 19.0 Å². The van der Waals surface area contributed by atoms with Gasteiger partial charge < -0.3 is 9.47 Å². The zero-order chi connectivity index (χ0) is 11.0. The van der Waals surface area contributed by atoms with Crippen LogP contribution >= 0.6 is 0 Å². The molecular weight excluding hydrogens is 188 g/mol. The van der Waals surface area contributed by atoms with Gasteiger partial charge in [-0.05, 0) is 26.2 Å². The summed E-state index contributed by atoms with van der Waals surface area (Å²) >= 11 is 0. The van der Waals surface area contributed by atoms with Crippen molar-refractivity contribution in [3.63, 3.8) is 0 Å². The smallest absolute Gasteiger partial charge is 0.168 e. The molecule has 0 aromatic heterocycles. The zero-order valence-corrected chi connectivity index (χ0v) is 10.1. The van der Waals surface area contributed by atoms with Gasteiger partial charge in [0.25, 0.3) is 0 Å². The highest BCUT2D eigenvalue weighted by Gasteiger charge is 2.37. The number of allylic oxidation sites excluding steroid dienone is 2. The molecule has 0 aromatic rings. The van der Waals surface area contributed by atoms with Gasteiger partial charge >= 0.3 is 0 Å². The van der Waals surface area contributed by atoms with Crippen LogP contribution in [0.25, 0.3) is 0 Å². The number of hydrogen-bond acceptors (Lipinski definition) is 2. The normalized spacial score (nSPS) is 24.1. The molecule has 1 aliphatic carbocycles. The molecule has 2 rings (SSSR count). The Morgan fingerprint density at radius 2 is 1.67 bits per heavy atom. The Morgan fingerprint density at radius 1 is 1.07 bits per heavy atom. The molecular formula is C13H24O2. The van der Waals surface area contributed by atoms with E-state index in [0.717, 1.165) is 32.5 Å². The zero-order valence-electron chi connectivity index (χ0n) is 10.1. The molecule has 2 nitrogen and oxygen atoms in total. The van der Waals surface area contributed by atoms with E-state index in [1.54, 1.807) is 0 Å². The van der Waals surface area contributed by atoms with E-state index in [2.05, 4.69) is 19.1 Å². The van der Waals surface area contributed by atoms with Gasteiger partial charge in [0.2, 0.25) is 0 Å². The minimum Gasteiger partial charge on any atom is -0.348 e. The van der Waals surface area contributed by atoms with Gasteiger partial charge in [0, 0.05) is 12.8 Å². The molecule has 1 aliphatic heterocycles. The molecule has 1 heterocycles. The van der Waals surface area contributed by atoms with Crippen molar-refractivity contribution in [2.24, 2.45) is 0 Å². The van der Waals surface area contributed by atoms with Crippen molar-refractivity contribution in [2.75, 3.05) is 13.2 Å². The molecule has 0 aromatic carbocycles. The van der Waals surface area contributed by atoms with E-state index in [0.29, 0.717) is 0 Å². The molecule has 2 fully saturated rings. The third-order valence-corrected chi connectivity index (χ3v) is 2.90. The van der Waals surface area contributed by atoms with Crippen LogP contribution in [-0.2, 0) is 9.47 Å². The lowest BCUT2D eigenvalue weighted by molar-refractivity contribution is -0.176. The maximum Gasteiger partial charge on any atom is 0.168 e. The Kier molecular flexibility index (Phi) is 5.96. The van der Waals surface area contributed by atoms with Crippen LogP contribution in [0.15, 0.2) is 12.2 Å². The number of ether oxygens (including phenoxy) is 2. The highest BCUT2D eigenvalue weighted by atomic mass is 16.7. The molecule has 0 radical (unpaired) electrons. The van der Waals surface area contributed by atoms with Crippen molar-refractivity contribution >= 4 is 0 Å². The lowest BCUT2D eigenvalue weighted by Crippen LogP contribution is -2.32. The highest BCUT2D eigenvalue weighted by Crippen LogP contribution is 2.35. The fourth-order valence-electron chi connectivity index (χ4n) is 2.11. The Labute approximate surface area is 93.7 Å². The third kappa shape index (κ3) is 4.35. The van der Waals surface area contributed by atoms with E-state index >= 15 is 0 Å². The van der Waals surface area contributed by atoms with Crippen LogP contribution in [0.1, 0.15) is 52.4 Å². The van der Waals surface area contributed by atoms with Crippen LogP contribution in [0.4, 0.5) is 0 Å². The second-order valence-corrected chi connectivity index (χ2v) is 4.15. The van der Waals surface area contributed by atoms with Crippen molar-refractivity contribution in [1.29, 1.82) is 0 Å². The maximum absolute atomic E-state index is 5.56. The second-order valence-electron chi connectivity index (χ2n) is 4.15. The summed E-state index contributed by atoms with van der Waals surface area (Å²) in [6.45, 7) is 5.77. The molecule has 15 heavy (non-hydrogen) atoms. The first-order valence-corrected chi connectivity index (χ1v) is 6.22. The van der Waals surface area contributed by atoms with Gasteiger partial charge in [-0.2, -0.15) is 0 Å². The van der Waals surface area contributed by atoms with Crippen molar-refractivity contribution in [1.82, 2.24) is 0 Å². The summed E-state index contributed by atoms with van der Waals surface area (Å²) in [6, 6.07) is 0. The Bertz CT molecular complexity index is 173. The first kappa shape index (κ1) is 12.7. The standard InChI is InChI=1S/C8H14O2.C5H10/c1-2-4-8(5-3-1)9-6-7-10-8;1-3-5-4-2/h1-7H2;3,5H,4H2,1-2H3/b;5-3+. The molecule has 88 valence electrons. The SMILES string of the molecule is C/C=C/CC.C1CCC2(CC1)OCCO2. The summed E-state index contributed by atoms with van der Waals surface area (Å²) in [5.74, 6) is -0.127. The van der Waals surface area contributed by atoms with Crippen LogP contribution in [0.2, 0.25) is 0 Å². The fraction of sp³-hybridized carbons (Fsp3) is 0.846. The molecule has 2 heteroatoms. The monoisotopic (exact) mass is 212 g/mol. The minimum absolute atomic E-state index is 0.127. The average Bonchev–Trinajstić information content (AvgIpc) is 2.70. The molecule has 0 amide bonds. The van der Waals surface area contributed by atoms with Gasteiger partial charge in [-0.15, -0.1) is 0 Å². The topological polar surface area (TPSA) is 18.5 Å². The third-order valence-electron chi connectivity index (χ3n) is 2.90. The quantitative estimate of drug-likeness (QED) is 0.617. The van der Waals surface area contributed by atoms with E-state index in [1.807, 2.05) is 6.92 Å². The molecule has 0 bridgehead atoms. The lowest BCUT2D eigenvalue weighted by atomic mass is 9.94. The van der Waals surface area contributed by atoms with Crippen LogP contribution in [0.5, 0.6) is 0 Å². The summed E-state index contributed by atoms with van der Waals surface area (Å²) in [5.41, 5.74) is 0. The predicted octanol–water partition coefficient (Wildman–Crippen LogP) is 3.67. The first-order valence-electron chi connectivity index (χ1n) is 6.22. The van der Waals surface area contributed by atoms with E-state index in [1.165, 1.54) is 19.3 Å². The average molecular weight is 212 g/mol. The number of hydrogen-bond donors (Lipinski definition) is 0. The molecule has 0 N–H and O–H groups in total. The minimum atomic E-state index is -0.127. The van der Waals surface area contributed by atoms with Crippen molar-refractivity contribution in [2.45, 2.75) is 58.2 Å². The summed E-state index contributed by atoms with van der Waals surface area (Å²) in [6.07, 6.45) is 11.5. The van der Waals surface area contributed by atoms with E-state index < -0.39 is 0 Å². The summed E-state index contributed by atoms with van der Waals surface area (Å²) in [5, 5.41) is 0. The van der Waals surface area contributed by atoms with Crippen LogP contribution in [0, 0.1) is 0 Å². The lowest BCUT2D eigenvalue weighted by Gasteiger charge is -2.30. The first-order chi connectivity index (χ1) is 7.33. The second kappa shape index (κ2) is 7.02. The Hall–Kier alpha value is -0.340. The highest BCUT2D eigenvalue weighted by molar-refractivity contribution is 4.77. The predicted molar refractivity (Wildman–Crippen MR) is 62.8 cm³/mol. The fourth-order valence-corrected chi connectivity index (χ4v) is 2.11. The van der Waals surface area contributed by atoms with E-state index in [-0.39, 0.29) is 5.79 Å². The summed E-state index contributed by atoms with van der Waals surface area (Å²) < 4.78 is 11.1. The van der Waals surface area contributed by atoms with Gasteiger partial charge in [-0.25, -0.2) is 0 Å². The number of rotatable bonds is 1. The van der Waals surface area contributed by atoms with Gasteiger partial charge in [-0.1, -0.05) is 25.5 Å². The van der Waals surface area contributed by atoms with Gasteiger partial charge in [0.1, 0.15) is 0 Å². The van der Waals surface area contributed by atoms with Gasteiger partial charge in [0.05, 0.1) is 13.2 Å². The molecule has 1 saturated carbocycles. The Morgan fingerprint density at radius 3 is 2.07 bits per heavy atom. The largest absolute Gasteiger partial charge is 0.348 e. The molecule has 0 atom stereocenters. The van der Waals surface area contributed by atoms with E-state index in [9.17, 15) is 0 Å². The van der Waals surface area contributed by atoms with Crippen molar-refractivity contribution in [3.05, 3.63) is 12.2 Å². The van der Waals surface area contributed by atoms with Crippen LogP contribution < -0.4 is 0 Å². The maximum atomic E-state index is 5.56. The van der Waals surface area contributed by atoms with Crippen molar-refractivity contribution < 1.29 is 9.47 Å². The van der Waals surface area contributed by atoms with Crippen LogP contribution in [0.3, 0.4) is 0 Å². The van der Waals surface area contributed by atoms with Gasteiger partial charge in [-0.3, -0.25) is 0 Å². The van der Waals surface area contributed by atoms with E-state index in [4.69, 9.17) is 9.47 Å². The molecule has 1 spiro atoms. The van der Waals surface area contributed by atoms with Crippen molar-refractivity contribution in [3.8, 4) is 0 Å². The molecule has 0 unspecified atom stereocenters.